The van der Waals surface area contributed by atoms with Crippen LogP contribution in [0.25, 0.3) is 0 Å². The molecule has 0 amide bonds. The molecule has 0 aliphatic rings. The van der Waals surface area contributed by atoms with Crippen LogP contribution >= 0.6 is 11.8 Å². The number of carbonyl (C=O) groups excluding carboxylic acids is 1. The molecule has 0 aliphatic heterocycles. The van der Waals surface area contributed by atoms with Gasteiger partial charge in [0.05, 0.1) is 12.7 Å². The highest BCUT2D eigenvalue weighted by atomic mass is 32.2. The first kappa shape index (κ1) is 13.6. The van der Waals surface area contributed by atoms with E-state index in [0.29, 0.717) is 5.56 Å². The van der Waals surface area contributed by atoms with Gasteiger partial charge in [-0.15, -0.1) is 11.8 Å². The quantitative estimate of drug-likeness (QED) is 0.619. The highest BCUT2D eigenvalue weighted by Crippen LogP contribution is 2.21. The fraction of sp³-hybridized carbons (Fsp3) is 0.200. The van der Waals surface area contributed by atoms with Crippen LogP contribution in [-0.2, 0) is 11.2 Å². The highest BCUT2D eigenvalue weighted by Gasteiger charge is 2.12. The van der Waals surface area contributed by atoms with Gasteiger partial charge in [0.2, 0.25) is 0 Å². The Kier molecular flexibility index (Phi) is 4.98. The van der Waals surface area contributed by atoms with Gasteiger partial charge in [-0.1, -0.05) is 30.3 Å². The zero-order valence-electron chi connectivity index (χ0n) is 10.7. The molecule has 2 aromatic rings. The van der Waals surface area contributed by atoms with Crippen LogP contribution in [0.5, 0.6) is 0 Å². The van der Waals surface area contributed by atoms with Crippen molar-refractivity contribution in [1.29, 1.82) is 0 Å². The molecule has 1 aromatic heterocycles. The molecule has 0 spiro atoms. The van der Waals surface area contributed by atoms with Gasteiger partial charge in [-0.25, -0.2) is 9.78 Å². The summed E-state index contributed by atoms with van der Waals surface area (Å²) in [5, 5.41) is 0.727. The zero-order chi connectivity index (χ0) is 13.5. The first-order valence-corrected chi connectivity index (χ1v) is 7.00. The van der Waals surface area contributed by atoms with Gasteiger partial charge in [-0.3, -0.25) is 0 Å². The van der Waals surface area contributed by atoms with Gasteiger partial charge < -0.3 is 4.74 Å². The molecule has 0 fully saturated rings. The fourth-order valence-corrected chi connectivity index (χ4v) is 2.65. The van der Waals surface area contributed by atoms with Crippen LogP contribution in [0.15, 0.2) is 53.7 Å². The molecule has 0 saturated heterocycles. The minimum atomic E-state index is -0.338. The summed E-state index contributed by atoms with van der Waals surface area (Å²) >= 11 is 1.57. The van der Waals surface area contributed by atoms with Crippen LogP contribution in [0.4, 0.5) is 0 Å². The van der Waals surface area contributed by atoms with Gasteiger partial charge in [-0.05, 0) is 24.1 Å². The van der Waals surface area contributed by atoms with E-state index in [1.807, 2.05) is 18.2 Å². The molecule has 1 heterocycles. The van der Waals surface area contributed by atoms with E-state index in [-0.39, 0.29) is 5.97 Å². The van der Waals surface area contributed by atoms with Crippen molar-refractivity contribution in [3.63, 3.8) is 0 Å². The molecule has 0 N–H and O–H groups in total. The van der Waals surface area contributed by atoms with Crippen molar-refractivity contribution in [2.24, 2.45) is 0 Å². The molecule has 3 nitrogen and oxygen atoms in total. The minimum absolute atomic E-state index is 0.338. The van der Waals surface area contributed by atoms with E-state index in [1.165, 1.54) is 12.7 Å². The summed E-state index contributed by atoms with van der Waals surface area (Å²) in [5.41, 5.74) is 1.81. The Hall–Kier alpha value is -1.81. The van der Waals surface area contributed by atoms with E-state index in [4.69, 9.17) is 4.74 Å². The Morgan fingerprint density at radius 3 is 2.74 bits per heavy atom. The van der Waals surface area contributed by atoms with Crippen LogP contribution < -0.4 is 0 Å². The Morgan fingerprint density at radius 1 is 1.21 bits per heavy atom. The highest BCUT2D eigenvalue weighted by molar-refractivity contribution is 7.99. The first-order chi connectivity index (χ1) is 9.31. The number of pyridine rings is 1. The molecular formula is C15H15NO2S. The van der Waals surface area contributed by atoms with E-state index in [2.05, 4.69) is 17.1 Å². The third kappa shape index (κ3) is 3.83. The second-order valence-corrected chi connectivity index (χ2v) is 5.02. The molecule has 98 valence electrons. The second kappa shape index (κ2) is 6.95. The number of thioether (sulfide) groups is 1. The number of hydrogen-bond donors (Lipinski definition) is 0. The van der Waals surface area contributed by atoms with E-state index < -0.39 is 0 Å². The van der Waals surface area contributed by atoms with Crippen molar-refractivity contribution in [2.45, 2.75) is 11.4 Å². The summed E-state index contributed by atoms with van der Waals surface area (Å²) in [6, 6.07) is 13.7. The smallest absolute Gasteiger partial charge is 0.340 e. The maximum atomic E-state index is 11.6. The van der Waals surface area contributed by atoms with Crippen LogP contribution in [0.3, 0.4) is 0 Å². The molecule has 0 unspecified atom stereocenters. The van der Waals surface area contributed by atoms with E-state index in [0.717, 1.165) is 17.2 Å². The van der Waals surface area contributed by atoms with Crippen LogP contribution in [0.1, 0.15) is 15.9 Å². The van der Waals surface area contributed by atoms with Gasteiger partial charge in [0.25, 0.3) is 0 Å². The van der Waals surface area contributed by atoms with Gasteiger partial charge in [-0.2, -0.15) is 0 Å². The van der Waals surface area contributed by atoms with Crippen LogP contribution in [0.2, 0.25) is 0 Å². The molecule has 0 aliphatic carbocycles. The Labute approximate surface area is 117 Å². The SMILES string of the molecule is COC(=O)c1cccnc1SCCc1ccccc1. The summed E-state index contributed by atoms with van der Waals surface area (Å²) in [5.74, 6) is 0.542. The predicted molar refractivity (Wildman–Crippen MR) is 76.4 cm³/mol. The second-order valence-electron chi connectivity index (χ2n) is 3.93. The number of hydrogen-bond acceptors (Lipinski definition) is 4. The molecule has 2 rings (SSSR count). The Balaban J connectivity index is 1.98. The topological polar surface area (TPSA) is 39.2 Å². The van der Waals surface area contributed by atoms with Crippen molar-refractivity contribution >= 4 is 17.7 Å². The molecule has 4 heteroatoms. The number of nitrogens with zero attached hydrogens (tertiary/aromatic N) is 1. The van der Waals surface area contributed by atoms with Crippen LogP contribution in [-0.4, -0.2) is 23.8 Å². The molecule has 0 saturated carbocycles. The van der Waals surface area contributed by atoms with E-state index in [9.17, 15) is 4.79 Å². The maximum absolute atomic E-state index is 11.6. The molecule has 1 aromatic carbocycles. The van der Waals surface area contributed by atoms with E-state index in [1.54, 1.807) is 30.1 Å². The number of carbonyl (C=O) groups is 1. The van der Waals surface area contributed by atoms with Gasteiger partial charge in [0, 0.05) is 11.9 Å². The minimum Gasteiger partial charge on any atom is -0.465 e. The number of benzene rings is 1. The lowest BCUT2D eigenvalue weighted by atomic mass is 10.2. The van der Waals surface area contributed by atoms with Crippen molar-refractivity contribution in [3.05, 3.63) is 59.8 Å². The number of methoxy groups -OCH3 is 1. The summed E-state index contributed by atoms with van der Waals surface area (Å²) in [4.78, 5) is 15.8. The lowest BCUT2D eigenvalue weighted by molar-refractivity contribution is 0.0596. The molecule has 0 radical (unpaired) electrons. The van der Waals surface area contributed by atoms with E-state index >= 15 is 0 Å². The monoisotopic (exact) mass is 273 g/mol. The van der Waals surface area contributed by atoms with Crippen molar-refractivity contribution in [2.75, 3.05) is 12.9 Å². The van der Waals surface area contributed by atoms with Crippen molar-refractivity contribution < 1.29 is 9.53 Å². The predicted octanol–water partition coefficient (Wildman–Crippen LogP) is 3.20. The lowest BCUT2D eigenvalue weighted by Crippen LogP contribution is -2.04. The van der Waals surface area contributed by atoms with Gasteiger partial charge >= 0.3 is 5.97 Å². The molecule has 0 bridgehead atoms. The Bertz CT molecular complexity index is 543. The van der Waals surface area contributed by atoms with Gasteiger partial charge in [0.15, 0.2) is 0 Å². The average molecular weight is 273 g/mol. The number of ether oxygens (including phenoxy) is 1. The van der Waals surface area contributed by atoms with Gasteiger partial charge in [0.1, 0.15) is 5.03 Å². The zero-order valence-corrected chi connectivity index (χ0v) is 11.5. The number of esters is 1. The third-order valence-electron chi connectivity index (χ3n) is 2.65. The largest absolute Gasteiger partial charge is 0.465 e. The first-order valence-electron chi connectivity index (χ1n) is 6.01. The number of aromatic nitrogens is 1. The van der Waals surface area contributed by atoms with Crippen molar-refractivity contribution in [3.8, 4) is 0 Å². The molecule has 0 atom stereocenters. The normalized spacial score (nSPS) is 10.2. The number of aryl methyl sites for hydroxylation is 1. The summed E-state index contributed by atoms with van der Waals surface area (Å²) in [6.07, 6.45) is 2.64. The number of rotatable bonds is 5. The molecular weight excluding hydrogens is 258 g/mol. The fourth-order valence-electron chi connectivity index (χ4n) is 1.68. The van der Waals surface area contributed by atoms with Crippen LogP contribution in [0, 0.1) is 0 Å². The lowest BCUT2D eigenvalue weighted by Gasteiger charge is -2.06. The summed E-state index contributed by atoms with van der Waals surface area (Å²) < 4.78 is 4.75. The Morgan fingerprint density at radius 2 is 2.00 bits per heavy atom. The third-order valence-corrected chi connectivity index (χ3v) is 3.66. The summed E-state index contributed by atoms with van der Waals surface area (Å²) in [7, 11) is 1.38. The average Bonchev–Trinajstić information content (AvgIpc) is 2.48. The summed E-state index contributed by atoms with van der Waals surface area (Å²) in [6.45, 7) is 0. The maximum Gasteiger partial charge on any atom is 0.340 e. The molecule has 19 heavy (non-hydrogen) atoms. The standard InChI is InChI=1S/C15H15NO2S/c1-18-15(17)13-8-5-10-16-14(13)19-11-9-12-6-3-2-4-7-12/h2-8,10H,9,11H2,1H3. The van der Waals surface area contributed by atoms with Crippen molar-refractivity contribution in [1.82, 2.24) is 4.98 Å².